The molecule has 0 aliphatic carbocycles. The van der Waals surface area contributed by atoms with Crippen molar-refractivity contribution < 1.29 is 4.79 Å². The molecule has 152 valence electrons. The van der Waals surface area contributed by atoms with Crippen LogP contribution in [-0.2, 0) is 0 Å². The number of aryl methyl sites for hydroxylation is 1. The van der Waals surface area contributed by atoms with Gasteiger partial charge in [0.2, 0.25) is 0 Å². The van der Waals surface area contributed by atoms with E-state index in [4.69, 9.17) is 16.6 Å². The van der Waals surface area contributed by atoms with Crippen LogP contribution in [0.1, 0.15) is 29.4 Å². The van der Waals surface area contributed by atoms with E-state index in [9.17, 15) is 4.79 Å². The highest BCUT2D eigenvalue weighted by Crippen LogP contribution is 2.39. The fraction of sp³-hybridized carbons (Fsp3) is 0.273. The summed E-state index contributed by atoms with van der Waals surface area (Å²) in [4.78, 5) is 25.1. The van der Waals surface area contributed by atoms with E-state index in [2.05, 4.69) is 22.1 Å². The number of hydrogen-bond acceptors (Lipinski definition) is 5. The summed E-state index contributed by atoms with van der Waals surface area (Å²) >= 11 is 7.73. The number of nitrogens with zero attached hydrogens (tertiary/aromatic N) is 4. The predicted molar refractivity (Wildman–Crippen MR) is 120 cm³/mol. The van der Waals surface area contributed by atoms with Crippen LogP contribution in [0.4, 0.5) is 0 Å². The molecule has 1 amide bonds. The molecule has 0 radical (unpaired) electrons. The maximum atomic E-state index is 13.3. The quantitative estimate of drug-likeness (QED) is 0.478. The van der Waals surface area contributed by atoms with E-state index in [0.29, 0.717) is 16.6 Å². The van der Waals surface area contributed by atoms with E-state index < -0.39 is 0 Å². The number of H-pyrrole nitrogens is 1. The standard InChI is InChI=1S/C22H20ClN5OS/c1-12-7-9-28(11-12)22(29)19-20(14-4-3-8-24-10-14)30-21(25-19)18-15-5-6-16(23)13(2)17(15)26-27-18/h3-6,8,10,12H,7,9,11H2,1-2H3,(H,26,27)/t12-/m1/s1. The molecule has 1 N–H and O–H groups in total. The number of thiazole rings is 1. The SMILES string of the molecule is Cc1c(Cl)ccc2c(-c3nc(C(=O)N4CC[C@@H](C)C4)c(-c4cccnc4)s3)[nH]nc12. The Bertz CT molecular complexity index is 1250. The van der Waals surface area contributed by atoms with Gasteiger partial charge in [0.1, 0.15) is 16.4 Å². The van der Waals surface area contributed by atoms with Crippen molar-refractivity contribution in [1.82, 2.24) is 25.1 Å². The zero-order valence-electron chi connectivity index (χ0n) is 16.6. The molecular formula is C22H20ClN5OS. The molecule has 1 atom stereocenters. The summed E-state index contributed by atoms with van der Waals surface area (Å²) in [6.45, 7) is 5.65. The average Bonchev–Trinajstić information content (AvgIpc) is 3.48. The molecule has 0 saturated carbocycles. The second kappa shape index (κ2) is 7.49. The largest absolute Gasteiger partial charge is 0.337 e. The van der Waals surface area contributed by atoms with Crippen molar-refractivity contribution in [3.8, 4) is 21.1 Å². The topological polar surface area (TPSA) is 74.8 Å². The van der Waals surface area contributed by atoms with Gasteiger partial charge < -0.3 is 4.90 Å². The number of aromatic amines is 1. The van der Waals surface area contributed by atoms with Gasteiger partial charge in [0, 0.05) is 41.5 Å². The van der Waals surface area contributed by atoms with Crippen LogP contribution in [0.2, 0.25) is 5.02 Å². The summed E-state index contributed by atoms with van der Waals surface area (Å²) in [7, 11) is 0. The fourth-order valence-corrected chi connectivity index (χ4v) is 5.10. The van der Waals surface area contributed by atoms with Crippen molar-refractivity contribution in [2.24, 2.45) is 5.92 Å². The molecule has 6 nitrogen and oxygen atoms in total. The average molecular weight is 438 g/mol. The summed E-state index contributed by atoms with van der Waals surface area (Å²) in [6.07, 6.45) is 4.52. The molecule has 3 aromatic heterocycles. The van der Waals surface area contributed by atoms with Gasteiger partial charge >= 0.3 is 0 Å². The molecule has 4 heterocycles. The van der Waals surface area contributed by atoms with Gasteiger partial charge in [0.05, 0.1) is 10.4 Å². The van der Waals surface area contributed by atoms with Crippen molar-refractivity contribution in [1.29, 1.82) is 0 Å². The minimum absolute atomic E-state index is 0.0243. The zero-order valence-corrected chi connectivity index (χ0v) is 18.2. The summed E-state index contributed by atoms with van der Waals surface area (Å²) < 4.78 is 0. The van der Waals surface area contributed by atoms with Gasteiger partial charge in [-0.05, 0) is 43.0 Å². The van der Waals surface area contributed by atoms with Gasteiger partial charge in [0.25, 0.3) is 5.91 Å². The molecule has 1 fully saturated rings. The second-order valence-corrected chi connectivity index (χ2v) is 9.16. The molecular weight excluding hydrogens is 418 g/mol. The van der Waals surface area contributed by atoms with Gasteiger partial charge in [-0.15, -0.1) is 11.3 Å². The Balaban J connectivity index is 1.65. The lowest BCUT2D eigenvalue weighted by molar-refractivity contribution is 0.0784. The Morgan fingerprint density at radius 2 is 2.20 bits per heavy atom. The second-order valence-electron chi connectivity index (χ2n) is 7.75. The number of aromatic nitrogens is 4. The van der Waals surface area contributed by atoms with Gasteiger partial charge in [-0.1, -0.05) is 24.6 Å². The third-order valence-corrected chi connectivity index (χ3v) is 7.12. The predicted octanol–water partition coefficient (Wildman–Crippen LogP) is 5.19. The highest BCUT2D eigenvalue weighted by Gasteiger charge is 2.29. The molecule has 1 aliphatic rings. The number of likely N-dealkylation sites (tertiary alicyclic amines) is 1. The number of halogens is 1. The summed E-state index contributed by atoms with van der Waals surface area (Å²) in [5.74, 6) is 0.488. The van der Waals surface area contributed by atoms with Crippen LogP contribution < -0.4 is 0 Å². The molecule has 1 aliphatic heterocycles. The number of benzene rings is 1. The van der Waals surface area contributed by atoms with Crippen LogP contribution in [0.5, 0.6) is 0 Å². The zero-order chi connectivity index (χ0) is 20.8. The Labute approximate surface area is 182 Å². The van der Waals surface area contributed by atoms with Crippen molar-refractivity contribution in [2.75, 3.05) is 13.1 Å². The molecule has 5 rings (SSSR count). The number of pyridine rings is 1. The lowest BCUT2D eigenvalue weighted by Crippen LogP contribution is -2.29. The van der Waals surface area contributed by atoms with Crippen molar-refractivity contribution in [2.45, 2.75) is 20.3 Å². The monoisotopic (exact) mass is 437 g/mol. The molecule has 4 aromatic rings. The highest BCUT2D eigenvalue weighted by molar-refractivity contribution is 7.18. The third-order valence-electron chi connectivity index (χ3n) is 5.59. The Morgan fingerprint density at radius 1 is 1.33 bits per heavy atom. The van der Waals surface area contributed by atoms with E-state index in [0.717, 1.165) is 57.1 Å². The van der Waals surface area contributed by atoms with Crippen molar-refractivity contribution in [3.63, 3.8) is 0 Å². The number of hydrogen-bond donors (Lipinski definition) is 1. The molecule has 8 heteroatoms. The summed E-state index contributed by atoms with van der Waals surface area (Å²) in [5, 5.41) is 9.90. The molecule has 0 bridgehead atoms. The van der Waals surface area contributed by atoms with Gasteiger partial charge in [0.15, 0.2) is 0 Å². The van der Waals surface area contributed by atoms with E-state index >= 15 is 0 Å². The van der Waals surface area contributed by atoms with Crippen LogP contribution in [0, 0.1) is 12.8 Å². The summed E-state index contributed by atoms with van der Waals surface area (Å²) in [5.41, 5.74) is 3.90. The van der Waals surface area contributed by atoms with E-state index in [1.54, 1.807) is 12.4 Å². The number of amides is 1. The van der Waals surface area contributed by atoms with Gasteiger partial charge in [-0.25, -0.2) is 4.98 Å². The van der Waals surface area contributed by atoms with Crippen LogP contribution in [-0.4, -0.2) is 44.1 Å². The van der Waals surface area contributed by atoms with Crippen LogP contribution >= 0.6 is 22.9 Å². The van der Waals surface area contributed by atoms with Crippen LogP contribution in [0.3, 0.4) is 0 Å². The maximum Gasteiger partial charge on any atom is 0.274 e. The number of rotatable bonds is 3. The smallest absolute Gasteiger partial charge is 0.274 e. The molecule has 30 heavy (non-hydrogen) atoms. The van der Waals surface area contributed by atoms with E-state index in [1.165, 1.54) is 11.3 Å². The highest BCUT2D eigenvalue weighted by atomic mass is 35.5. The fourth-order valence-electron chi connectivity index (χ4n) is 3.89. The van der Waals surface area contributed by atoms with E-state index in [1.807, 2.05) is 36.1 Å². The third kappa shape index (κ3) is 3.18. The van der Waals surface area contributed by atoms with Gasteiger partial charge in [-0.2, -0.15) is 5.10 Å². The minimum atomic E-state index is -0.0243. The molecule has 1 saturated heterocycles. The first-order valence-electron chi connectivity index (χ1n) is 9.87. The molecule has 1 aromatic carbocycles. The number of fused-ring (bicyclic) bond motifs is 1. The molecule has 0 spiro atoms. The first-order chi connectivity index (χ1) is 14.5. The van der Waals surface area contributed by atoms with Crippen LogP contribution in [0.25, 0.3) is 32.0 Å². The first-order valence-corrected chi connectivity index (χ1v) is 11.1. The lowest BCUT2D eigenvalue weighted by Gasteiger charge is -2.15. The van der Waals surface area contributed by atoms with E-state index in [-0.39, 0.29) is 5.91 Å². The number of nitrogens with one attached hydrogen (secondary N) is 1. The molecule has 0 unspecified atom stereocenters. The Kier molecular flexibility index (Phi) is 4.79. The number of carbonyl (C=O) groups excluding carboxylic acids is 1. The van der Waals surface area contributed by atoms with Crippen molar-refractivity contribution >= 4 is 39.7 Å². The van der Waals surface area contributed by atoms with Crippen molar-refractivity contribution in [3.05, 3.63) is 52.9 Å². The number of carbonyl (C=O) groups is 1. The first kappa shape index (κ1) is 19.2. The normalized spacial score (nSPS) is 16.5. The Hall–Kier alpha value is -2.77. The summed E-state index contributed by atoms with van der Waals surface area (Å²) in [6, 6.07) is 7.64. The maximum absolute atomic E-state index is 13.3. The van der Waals surface area contributed by atoms with Crippen LogP contribution in [0.15, 0.2) is 36.7 Å². The van der Waals surface area contributed by atoms with Gasteiger partial charge in [-0.3, -0.25) is 14.9 Å². The lowest BCUT2D eigenvalue weighted by atomic mass is 10.1. The Morgan fingerprint density at radius 3 is 2.93 bits per heavy atom. The minimum Gasteiger partial charge on any atom is -0.337 e.